The second-order valence-electron chi connectivity index (χ2n) is 4.21. The molecule has 0 aromatic carbocycles. The van der Waals surface area contributed by atoms with Crippen LogP contribution in [0.4, 0.5) is 43.9 Å². The molecule has 0 aliphatic rings. The average Bonchev–Trinajstić information content (AvgIpc) is 2.41. The third-order valence-electron chi connectivity index (χ3n) is 2.16. The molecule has 0 rings (SSSR count). The minimum atomic E-state index is -6.59. The number of hydrogen-bond acceptors (Lipinski definition) is 4. The summed E-state index contributed by atoms with van der Waals surface area (Å²) in [6.45, 7) is -2.46. The largest absolute Gasteiger partial charge is 0.453 e. The molecular formula is C10H11ClF10O4. The van der Waals surface area contributed by atoms with Crippen molar-refractivity contribution in [1.29, 1.82) is 0 Å². The number of rotatable bonds is 12. The lowest BCUT2D eigenvalue weighted by Gasteiger charge is -2.32. The van der Waals surface area contributed by atoms with Crippen molar-refractivity contribution < 1.29 is 62.9 Å². The molecule has 0 fully saturated rings. The molecule has 0 amide bonds. The standard InChI is InChI=1S/C10H11ClF10O4/c1-22-7(14,15)8(16,17)25-10(20,21)9(18,19)24-6(12,13)5-23-4-2-3-11/h2-5H2,1H3. The van der Waals surface area contributed by atoms with Crippen molar-refractivity contribution in [2.24, 2.45) is 0 Å². The Morgan fingerprint density at radius 2 is 1.16 bits per heavy atom. The Morgan fingerprint density at radius 3 is 1.60 bits per heavy atom. The average molecular weight is 421 g/mol. The molecule has 0 spiro atoms. The van der Waals surface area contributed by atoms with Gasteiger partial charge in [0, 0.05) is 19.6 Å². The molecule has 0 aromatic heterocycles. The second-order valence-corrected chi connectivity index (χ2v) is 4.59. The highest BCUT2D eigenvalue weighted by molar-refractivity contribution is 6.17. The van der Waals surface area contributed by atoms with E-state index in [0.29, 0.717) is 0 Å². The number of hydrogen-bond donors (Lipinski definition) is 0. The maximum absolute atomic E-state index is 13.0. The molecule has 25 heavy (non-hydrogen) atoms. The Bertz CT molecular complexity index is 421. The van der Waals surface area contributed by atoms with Gasteiger partial charge in [-0.2, -0.15) is 43.9 Å². The van der Waals surface area contributed by atoms with Gasteiger partial charge in [-0.1, -0.05) is 0 Å². The van der Waals surface area contributed by atoms with Gasteiger partial charge in [0.15, 0.2) is 0 Å². The molecule has 0 saturated carbocycles. The first-order valence-electron chi connectivity index (χ1n) is 6.02. The summed E-state index contributed by atoms with van der Waals surface area (Å²) in [5.41, 5.74) is 0. The van der Waals surface area contributed by atoms with Crippen molar-refractivity contribution >= 4 is 11.6 Å². The van der Waals surface area contributed by atoms with E-state index in [4.69, 9.17) is 11.6 Å². The Labute approximate surface area is 138 Å². The van der Waals surface area contributed by atoms with E-state index in [0.717, 1.165) is 0 Å². The molecule has 0 radical (unpaired) electrons. The molecular weight excluding hydrogens is 410 g/mol. The van der Waals surface area contributed by atoms with Crippen LogP contribution in [0.1, 0.15) is 6.42 Å². The molecule has 0 aliphatic carbocycles. The van der Waals surface area contributed by atoms with Crippen molar-refractivity contribution in [2.75, 3.05) is 26.2 Å². The van der Waals surface area contributed by atoms with Crippen molar-refractivity contribution in [3.63, 3.8) is 0 Å². The van der Waals surface area contributed by atoms with Crippen molar-refractivity contribution in [3.8, 4) is 0 Å². The summed E-state index contributed by atoms with van der Waals surface area (Å²) < 4.78 is 140. The zero-order chi connectivity index (χ0) is 20.2. The van der Waals surface area contributed by atoms with Gasteiger partial charge in [-0.25, -0.2) is 9.47 Å². The highest BCUT2D eigenvalue weighted by Crippen LogP contribution is 2.47. The van der Waals surface area contributed by atoms with Gasteiger partial charge in [0.25, 0.3) is 0 Å². The molecule has 0 atom stereocenters. The summed E-state index contributed by atoms with van der Waals surface area (Å²) in [7, 11) is -0.0730. The summed E-state index contributed by atoms with van der Waals surface area (Å²) in [5.74, 6) is -0.0582. The fourth-order valence-electron chi connectivity index (χ4n) is 1.02. The van der Waals surface area contributed by atoms with Gasteiger partial charge in [-0.15, -0.1) is 11.6 Å². The highest BCUT2D eigenvalue weighted by atomic mass is 35.5. The lowest BCUT2D eigenvalue weighted by Crippen LogP contribution is -2.56. The minimum Gasteiger partial charge on any atom is -0.372 e. The van der Waals surface area contributed by atoms with Gasteiger partial charge in [0.2, 0.25) is 0 Å². The molecule has 4 nitrogen and oxygen atoms in total. The van der Waals surface area contributed by atoms with Gasteiger partial charge in [-0.3, -0.25) is 0 Å². The molecule has 0 aliphatic heterocycles. The number of methoxy groups -OCH3 is 1. The summed E-state index contributed by atoms with van der Waals surface area (Å²) >= 11 is 5.15. The maximum atomic E-state index is 13.0. The Morgan fingerprint density at radius 1 is 0.720 bits per heavy atom. The van der Waals surface area contributed by atoms with Gasteiger partial charge < -0.3 is 9.47 Å². The van der Waals surface area contributed by atoms with E-state index in [2.05, 4.69) is 14.2 Å². The van der Waals surface area contributed by atoms with Crippen LogP contribution in [0, 0.1) is 0 Å². The topological polar surface area (TPSA) is 36.9 Å². The van der Waals surface area contributed by atoms with Crippen LogP contribution in [-0.4, -0.2) is 56.7 Å². The van der Waals surface area contributed by atoms with Crippen LogP contribution in [0.15, 0.2) is 0 Å². The van der Waals surface area contributed by atoms with Crippen LogP contribution >= 0.6 is 11.6 Å². The van der Waals surface area contributed by atoms with Gasteiger partial charge >= 0.3 is 30.5 Å². The summed E-state index contributed by atoms with van der Waals surface area (Å²) in [5, 5.41) is 0. The van der Waals surface area contributed by atoms with Crippen molar-refractivity contribution in [1.82, 2.24) is 0 Å². The third-order valence-corrected chi connectivity index (χ3v) is 2.43. The second kappa shape index (κ2) is 8.41. The Balaban J connectivity index is 5.08. The summed E-state index contributed by atoms with van der Waals surface area (Å²) in [4.78, 5) is 0. The lowest BCUT2D eigenvalue weighted by atomic mass is 10.5. The molecule has 152 valence electrons. The number of alkyl halides is 11. The number of halogens is 11. The molecule has 0 N–H and O–H groups in total. The maximum Gasteiger partial charge on any atom is 0.453 e. The van der Waals surface area contributed by atoms with Crippen LogP contribution < -0.4 is 0 Å². The monoisotopic (exact) mass is 420 g/mol. The third kappa shape index (κ3) is 6.92. The first kappa shape index (κ1) is 24.4. The van der Waals surface area contributed by atoms with Crippen LogP contribution in [-0.2, 0) is 18.9 Å². The molecule has 0 bridgehead atoms. The van der Waals surface area contributed by atoms with Crippen LogP contribution in [0.5, 0.6) is 0 Å². The van der Waals surface area contributed by atoms with E-state index in [1.807, 2.05) is 4.74 Å². The molecule has 0 saturated heterocycles. The normalized spacial score (nSPS) is 14.9. The fourth-order valence-corrected chi connectivity index (χ4v) is 1.13. The van der Waals surface area contributed by atoms with E-state index < -0.39 is 43.8 Å². The van der Waals surface area contributed by atoms with Gasteiger partial charge in [0.05, 0.1) is 0 Å². The smallest absolute Gasteiger partial charge is 0.372 e. The molecule has 0 aromatic rings. The van der Waals surface area contributed by atoms with E-state index in [9.17, 15) is 43.9 Å². The predicted octanol–water partition coefficient (Wildman–Crippen LogP) is 4.28. The summed E-state index contributed by atoms with van der Waals surface area (Å²) in [6.07, 6.45) is -30.2. The van der Waals surface area contributed by atoms with Crippen LogP contribution in [0.25, 0.3) is 0 Å². The molecule has 0 unspecified atom stereocenters. The van der Waals surface area contributed by atoms with Gasteiger partial charge in [0.1, 0.15) is 6.61 Å². The first-order chi connectivity index (χ1) is 11.0. The first-order valence-corrected chi connectivity index (χ1v) is 6.55. The molecule has 15 heteroatoms. The van der Waals surface area contributed by atoms with E-state index in [1.54, 1.807) is 0 Å². The highest BCUT2D eigenvalue weighted by Gasteiger charge is 2.72. The Hall–Kier alpha value is -0.570. The van der Waals surface area contributed by atoms with Gasteiger partial charge in [-0.05, 0) is 6.42 Å². The van der Waals surface area contributed by atoms with Crippen molar-refractivity contribution in [2.45, 2.75) is 37.0 Å². The van der Waals surface area contributed by atoms with Crippen LogP contribution in [0.3, 0.4) is 0 Å². The minimum absolute atomic E-state index is 0.00831. The molecule has 0 heterocycles. The zero-order valence-corrected chi connectivity index (χ0v) is 12.9. The SMILES string of the molecule is COC(F)(F)C(F)(F)OC(F)(F)C(F)(F)OC(F)(F)COCCCCl. The fraction of sp³-hybridized carbons (Fsp3) is 1.00. The zero-order valence-electron chi connectivity index (χ0n) is 12.1. The predicted molar refractivity (Wildman–Crippen MR) is 60.1 cm³/mol. The lowest BCUT2D eigenvalue weighted by molar-refractivity contribution is -0.544. The van der Waals surface area contributed by atoms with E-state index >= 15 is 0 Å². The van der Waals surface area contributed by atoms with E-state index in [1.165, 1.54) is 0 Å². The Kier molecular flexibility index (Phi) is 8.22. The van der Waals surface area contributed by atoms with Crippen molar-refractivity contribution in [3.05, 3.63) is 0 Å². The summed E-state index contributed by atoms with van der Waals surface area (Å²) in [6, 6.07) is 0. The quantitative estimate of drug-likeness (QED) is 0.268. The van der Waals surface area contributed by atoms with E-state index in [-0.39, 0.29) is 19.4 Å². The van der Waals surface area contributed by atoms with Crippen LogP contribution in [0.2, 0.25) is 0 Å². The number of ether oxygens (including phenoxy) is 4.